The lowest BCUT2D eigenvalue weighted by atomic mass is 10.0. The first kappa shape index (κ1) is 25.3. The zero-order valence-corrected chi connectivity index (χ0v) is 17.0. The quantitative estimate of drug-likeness (QED) is 0.212. The number of nitrogens with two attached hydrogens (primary N) is 1. The Morgan fingerprint density at radius 2 is 1.73 bits per heavy atom. The van der Waals surface area contributed by atoms with Crippen LogP contribution in [0.15, 0.2) is 0 Å². The van der Waals surface area contributed by atoms with Crippen molar-refractivity contribution in [3.8, 4) is 0 Å². The van der Waals surface area contributed by atoms with E-state index in [2.05, 4.69) is 10.6 Å². The molecule has 0 spiro atoms. The van der Waals surface area contributed by atoms with Crippen molar-refractivity contribution in [3.05, 3.63) is 0 Å². The maximum absolute atomic E-state index is 12.8. The summed E-state index contributed by atoms with van der Waals surface area (Å²) in [7, 11) is 0. The van der Waals surface area contributed by atoms with Crippen molar-refractivity contribution in [1.29, 1.82) is 0 Å². The van der Waals surface area contributed by atoms with Crippen LogP contribution in [-0.2, 0) is 24.0 Å². The number of amides is 3. The number of nitrogens with one attached hydrogen (secondary N) is 2. The second-order valence-electron chi connectivity index (χ2n) is 7.67. The molecule has 1 fully saturated rings. The monoisotopic (exact) mass is 430 g/mol. The van der Waals surface area contributed by atoms with Crippen LogP contribution in [0.25, 0.3) is 0 Å². The molecule has 1 rings (SSSR count). The fourth-order valence-corrected chi connectivity index (χ4v) is 3.22. The van der Waals surface area contributed by atoms with E-state index in [1.54, 1.807) is 0 Å². The van der Waals surface area contributed by atoms with Gasteiger partial charge in [-0.05, 0) is 25.2 Å². The van der Waals surface area contributed by atoms with Crippen molar-refractivity contribution < 1.29 is 39.3 Å². The summed E-state index contributed by atoms with van der Waals surface area (Å²) in [5, 5.41) is 31.9. The van der Waals surface area contributed by atoms with Crippen molar-refractivity contribution >= 4 is 29.7 Å². The summed E-state index contributed by atoms with van der Waals surface area (Å²) in [5.74, 6) is -4.89. The number of aliphatic hydroxyl groups excluding tert-OH is 1. The van der Waals surface area contributed by atoms with E-state index in [9.17, 15) is 29.1 Å². The molecule has 0 bridgehead atoms. The average molecular weight is 430 g/mol. The Balaban J connectivity index is 2.83. The molecule has 7 N–H and O–H groups in total. The predicted molar refractivity (Wildman–Crippen MR) is 103 cm³/mol. The highest BCUT2D eigenvalue weighted by atomic mass is 16.4. The number of carboxylic acid groups (broad SMARTS) is 2. The molecular weight excluding hydrogens is 400 g/mol. The van der Waals surface area contributed by atoms with E-state index >= 15 is 0 Å². The molecule has 1 aliphatic rings. The average Bonchev–Trinajstić information content (AvgIpc) is 3.13. The van der Waals surface area contributed by atoms with Crippen LogP contribution in [0.5, 0.6) is 0 Å². The molecule has 4 atom stereocenters. The maximum atomic E-state index is 12.8. The molecule has 170 valence electrons. The third-order valence-electron chi connectivity index (χ3n) is 4.69. The fourth-order valence-electron chi connectivity index (χ4n) is 3.22. The minimum absolute atomic E-state index is 0.147. The van der Waals surface area contributed by atoms with Gasteiger partial charge in [-0.1, -0.05) is 13.8 Å². The van der Waals surface area contributed by atoms with Crippen molar-refractivity contribution in [2.24, 2.45) is 11.7 Å². The summed E-state index contributed by atoms with van der Waals surface area (Å²) >= 11 is 0. The Hall–Kier alpha value is -2.73. The van der Waals surface area contributed by atoms with Crippen molar-refractivity contribution in [2.45, 2.75) is 63.7 Å². The molecule has 0 aliphatic carbocycles. The molecule has 0 radical (unpaired) electrons. The number of likely N-dealkylation sites (tertiary alicyclic amines) is 1. The number of hydrogen-bond acceptors (Lipinski definition) is 7. The van der Waals surface area contributed by atoms with Gasteiger partial charge in [0.05, 0.1) is 19.1 Å². The van der Waals surface area contributed by atoms with Crippen molar-refractivity contribution in [2.75, 3.05) is 13.2 Å². The standard InChI is InChI=1S/C18H30N4O8/c1-9(2)6-10(19)15(26)21-12(8-23)17(28)22-5-3-4-13(22)16(27)20-11(18(29)30)7-14(24)25/h9-13,23H,3-8,19H2,1-2H3,(H,20,27)(H,21,26)(H,24,25)(H,29,30). The fraction of sp³-hybridized carbons (Fsp3) is 0.722. The third-order valence-corrected chi connectivity index (χ3v) is 4.69. The van der Waals surface area contributed by atoms with Gasteiger partial charge in [-0.3, -0.25) is 19.2 Å². The lowest BCUT2D eigenvalue weighted by Crippen LogP contribution is -2.58. The first-order valence-electron chi connectivity index (χ1n) is 9.70. The Bertz CT molecular complexity index is 669. The van der Waals surface area contributed by atoms with Crippen LogP contribution < -0.4 is 16.4 Å². The third kappa shape index (κ3) is 7.26. The smallest absolute Gasteiger partial charge is 0.326 e. The van der Waals surface area contributed by atoms with Gasteiger partial charge in [0.25, 0.3) is 0 Å². The number of carbonyl (C=O) groups excluding carboxylic acids is 3. The molecule has 0 saturated carbocycles. The molecule has 12 heteroatoms. The van der Waals surface area contributed by atoms with Crippen molar-refractivity contribution in [1.82, 2.24) is 15.5 Å². The molecule has 3 amide bonds. The van der Waals surface area contributed by atoms with Crippen LogP contribution >= 0.6 is 0 Å². The van der Waals surface area contributed by atoms with Gasteiger partial charge in [0.2, 0.25) is 17.7 Å². The summed E-state index contributed by atoms with van der Waals surface area (Å²) < 4.78 is 0. The summed E-state index contributed by atoms with van der Waals surface area (Å²) in [6.07, 6.45) is 0.243. The molecule has 4 unspecified atom stereocenters. The second-order valence-corrected chi connectivity index (χ2v) is 7.67. The number of aliphatic hydroxyl groups is 1. The Kier molecular flexibility index (Phi) is 9.66. The Morgan fingerprint density at radius 1 is 1.10 bits per heavy atom. The maximum Gasteiger partial charge on any atom is 0.326 e. The van der Waals surface area contributed by atoms with Crippen molar-refractivity contribution in [3.63, 3.8) is 0 Å². The molecule has 1 heterocycles. The van der Waals surface area contributed by atoms with E-state index in [0.717, 1.165) is 4.90 Å². The van der Waals surface area contributed by atoms with Crippen LogP contribution in [0.3, 0.4) is 0 Å². The molecular formula is C18H30N4O8. The molecule has 0 aromatic carbocycles. The highest BCUT2D eigenvalue weighted by Crippen LogP contribution is 2.19. The topological polar surface area (TPSA) is 199 Å². The van der Waals surface area contributed by atoms with E-state index in [0.29, 0.717) is 12.8 Å². The van der Waals surface area contributed by atoms with E-state index in [1.165, 1.54) is 0 Å². The Morgan fingerprint density at radius 3 is 2.23 bits per heavy atom. The molecule has 12 nitrogen and oxygen atoms in total. The van der Waals surface area contributed by atoms with E-state index in [4.69, 9.17) is 15.9 Å². The highest BCUT2D eigenvalue weighted by Gasteiger charge is 2.39. The SMILES string of the molecule is CC(C)CC(N)C(=O)NC(CO)C(=O)N1CCCC1C(=O)NC(CC(=O)O)C(=O)O. The number of carbonyl (C=O) groups is 5. The van der Waals surface area contributed by atoms with Gasteiger partial charge in [-0.15, -0.1) is 0 Å². The van der Waals surface area contributed by atoms with Gasteiger partial charge in [0.15, 0.2) is 0 Å². The summed E-state index contributed by atoms with van der Waals surface area (Å²) in [5.41, 5.74) is 5.79. The van der Waals surface area contributed by atoms with Gasteiger partial charge in [0.1, 0.15) is 18.1 Å². The highest BCUT2D eigenvalue weighted by molar-refractivity contribution is 5.95. The second kappa shape index (κ2) is 11.5. The number of nitrogens with zero attached hydrogens (tertiary/aromatic N) is 1. The van der Waals surface area contributed by atoms with Crippen LogP contribution in [0.2, 0.25) is 0 Å². The van der Waals surface area contributed by atoms with Crippen LogP contribution in [0.1, 0.15) is 39.5 Å². The predicted octanol–water partition coefficient (Wildman–Crippen LogP) is -2.13. The Labute approximate surface area is 173 Å². The normalized spacial score (nSPS) is 19.1. The number of carboxylic acids is 2. The van der Waals surface area contributed by atoms with Gasteiger partial charge in [-0.25, -0.2) is 4.79 Å². The summed E-state index contributed by atoms with van der Waals surface area (Å²) in [6, 6.07) is -4.85. The minimum atomic E-state index is -1.64. The van der Waals surface area contributed by atoms with E-state index in [1.807, 2.05) is 13.8 Å². The zero-order valence-electron chi connectivity index (χ0n) is 17.0. The molecule has 1 aliphatic heterocycles. The molecule has 30 heavy (non-hydrogen) atoms. The summed E-state index contributed by atoms with van der Waals surface area (Å²) in [4.78, 5) is 60.6. The molecule has 0 aromatic rings. The van der Waals surface area contributed by atoms with Gasteiger partial charge in [0, 0.05) is 6.54 Å². The van der Waals surface area contributed by atoms with Gasteiger partial charge < -0.3 is 36.6 Å². The van der Waals surface area contributed by atoms with E-state index in [-0.39, 0.29) is 18.9 Å². The first-order chi connectivity index (χ1) is 14.0. The minimum Gasteiger partial charge on any atom is -0.481 e. The lowest BCUT2D eigenvalue weighted by Gasteiger charge is -2.29. The number of aliphatic carboxylic acids is 2. The number of rotatable bonds is 11. The van der Waals surface area contributed by atoms with E-state index < -0.39 is 66.9 Å². The van der Waals surface area contributed by atoms with Crippen LogP contribution in [0.4, 0.5) is 0 Å². The van der Waals surface area contributed by atoms with Gasteiger partial charge >= 0.3 is 11.9 Å². The molecule has 0 aromatic heterocycles. The lowest BCUT2D eigenvalue weighted by molar-refractivity contribution is -0.148. The van der Waals surface area contributed by atoms with Crippen LogP contribution in [-0.4, -0.2) is 87.2 Å². The summed E-state index contributed by atoms with van der Waals surface area (Å²) in [6.45, 7) is 3.21. The van der Waals surface area contributed by atoms with Crippen LogP contribution in [0, 0.1) is 5.92 Å². The largest absolute Gasteiger partial charge is 0.481 e. The zero-order chi connectivity index (χ0) is 23.0. The number of hydrogen-bond donors (Lipinski definition) is 6. The van der Waals surface area contributed by atoms with Gasteiger partial charge in [-0.2, -0.15) is 0 Å². The first-order valence-corrected chi connectivity index (χ1v) is 9.70. The molecule has 1 saturated heterocycles.